The molecular formula is C14H11F3O2. The van der Waals surface area contributed by atoms with Crippen molar-refractivity contribution >= 4 is 0 Å². The van der Waals surface area contributed by atoms with Crippen LogP contribution in [0.3, 0.4) is 0 Å². The maximum absolute atomic E-state index is 12.4. The Morgan fingerprint density at radius 1 is 0.895 bits per heavy atom. The number of alkyl halides is 3. The van der Waals surface area contributed by atoms with E-state index >= 15 is 0 Å². The second-order valence-corrected chi connectivity index (χ2v) is 3.93. The highest BCUT2D eigenvalue weighted by atomic mass is 19.4. The zero-order chi connectivity index (χ0) is 13.9. The van der Waals surface area contributed by atoms with Gasteiger partial charge in [-0.15, -0.1) is 0 Å². The van der Waals surface area contributed by atoms with Crippen LogP contribution in [-0.2, 0) is 0 Å². The standard InChI is InChI=1S/C14H11F3O2/c15-14(16,17)13(18)10-5-4-8-12(9-10)19-11-6-2-1-3-7-11/h1-9,13,18H/t13-/m0/s1. The van der Waals surface area contributed by atoms with Gasteiger partial charge in [0.2, 0.25) is 0 Å². The summed E-state index contributed by atoms with van der Waals surface area (Å²) >= 11 is 0. The number of para-hydroxylation sites is 1. The lowest BCUT2D eigenvalue weighted by molar-refractivity contribution is -0.206. The number of benzene rings is 2. The maximum Gasteiger partial charge on any atom is 0.418 e. The van der Waals surface area contributed by atoms with E-state index < -0.39 is 12.3 Å². The lowest BCUT2D eigenvalue weighted by Crippen LogP contribution is -2.20. The molecule has 2 aromatic rings. The molecule has 19 heavy (non-hydrogen) atoms. The van der Waals surface area contributed by atoms with Gasteiger partial charge in [-0.25, -0.2) is 0 Å². The molecule has 0 amide bonds. The summed E-state index contributed by atoms with van der Waals surface area (Å²) in [4.78, 5) is 0. The number of rotatable bonds is 3. The Kier molecular flexibility index (Phi) is 3.76. The van der Waals surface area contributed by atoms with E-state index in [-0.39, 0.29) is 11.3 Å². The van der Waals surface area contributed by atoms with Crippen molar-refractivity contribution in [2.45, 2.75) is 12.3 Å². The molecule has 1 N–H and O–H groups in total. The van der Waals surface area contributed by atoms with Gasteiger partial charge in [0, 0.05) is 0 Å². The number of halogens is 3. The predicted molar refractivity (Wildman–Crippen MR) is 64.0 cm³/mol. The molecule has 0 heterocycles. The van der Waals surface area contributed by atoms with Gasteiger partial charge in [-0.05, 0) is 29.8 Å². The number of hydrogen-bond donors (Lipinski definition) is 1. The van der Waals surface area contributed by atoms with Crippen molar-refractivity contribution in [2.24, 2.45) is 0 Å². The van der Waals surface area contributed by atoms with E-state index in [1.54, 1.807) is 30.3 Å². The molecule has 0 spiro atoms. The second-order valence-electron chi connectivity index (χ2n) is 3.93. The summed E-state index contributed by atoms with van der Waals surface area (Å²) in [5.41, 5.74) is -0.249. The van der Waals surface area contributed by atoms with Crippen LogP contribution in [0.15, 0.2) is 54.6 Å². The summed E-state index contributed by atoms with van der Waals surface area (Å²) in [7, 11) is 0. The first-order valence-corrected chi connectivity index (χ1v) is 5.54. The minimum atomic E-state index is -4.69. The van der Waals surface area contributed by atoms with Gasteiger partial charge >= 0.3 is 6.18 Å². The molecule has 0 unspecified atom stereocenters. The first-order chi connectivity index (χ1) is 8.97. The molecule has 5 heteroatoms. The monoisotopic (exact) mass is 268 g/mol. The van der Waals surface area contributed by atoms with Gasteiger partial charge in [0.25, 0.3) is 0 Å². The summed E-state index contributed by atoms with van der Waals surface area (Å²) in [6, 6.07) is 14.0. The average Bonchev–Trinajstić information content (AvgIpc) is 2.38. The normalized spacial score (nSPS) is 13.1. The molecule has 2 nitrogen and oxygen atoms in total. The van der Waals surface area contributed by atoms with E-state index in [2.05, 4.69) is 0 Å². The first kappa shape index (κ1) is 13.4. The van der Waals surface area contributed by atoms with Crippen molar-refractivity contribution in [3.8, 4) is 11.5 Å². The van der Waals surface area contributed by atoms with Crippen LogP contribution in [0.25, 0.3) is 0 Å². The van der Waals surface area contributed by atoms with E-state index in [1.165, 1.54) is 24.3 Å². The minimum absolute atomic E-state index is 0.243. The van der Waals surface area contributed by atoms with Gasteiger partial charge in [-0.2, -0.15) is 13.2 Å². The quantitative estimate of drug-likeness (QED) is 0.909. The summed E-state index contributed by atoms with van der Waals surface area (Å²) in [5.74, 6) is 0.758. The highest BCUT2D eigenvalue weighted by molar-refractivity contribution is 5.34. The lowest BCUT2D eigenvalue weighted by Gasteiger charge is -2.15. The third kappa shape index (κ3) is 3.48. The van der Waals surface area contributed by atoms with E-state index in [0.29, 0.717) is 5.75 Å². The van der Waals surface area contributed by atoms with Crippen molar-refractivity contribution < 1.29 is 23.0 Å². The van der Waals surface area contributed by atoms with Gasteiger partial charge in [0.15, 0.2) is 6.10 Å². The Morgan fingerprint density at radius 3 is 2.16 bits per heavy atom. The fraction of sp³-hybridized carbons (Fsp3) is 0.143. The molecule has 0 bridgehead atoms. The van der Waals surface area contributed by atoms with Crippen LogP contribution in [0.1, 0.15) is 11.7 Å². The summed E-state index contributed by atoms with van der Waals surface area (Å²) in [6.07, 6.45) is -7.20. The van der Waals surface area contributed by atoms with E-state index in [0.717, 1.165) is 0 Å². The van der Waals surface area contributed by atoms with Crippen molar-refractivity contribution in [3.05, 3.63) is 60.2 Å². The van der Waals surface area contributed by atoms with Gasteiger partial charge in [0.1, 0.15) is 11.5 Å². The Labute approximate surface area is 108 Å². The lowest BCUT2D eigenvalue weighted by atomic mass is 10.1. The molecule has 1 atom stereocenters. The number of hydrogen-bond acceptors (Lipinski definition) is 2. The maximum atomic E-state index is 12.4. The molecule has 100 valence electrons. The van der Waals surface area contributed by atoms with Crippen molar-refractivity contribution in [1.29, 1.82) is 0 Å². The molecule has 0 fully saturated rings. The van der Waals surface area contributed by atoms with Crippen molar-refractivity contribution in [3.63, 3.8) is 0 Å². The third-order valence-electron chi connectivity index (χ3n) is 2.46. The predicted octanol–water partition coefficient (Wildman–Crippen LogP) is 4.07. The highest BCUT2D eigenvalue weighted by Gasteiger charge is 2.39. The van der Waals surface area contributed by atoms with Crippen molar-refractivity contribution in [1.82, 2.24) is 0 Å². The molecule has 0 saturated heterocycles. The Hall–Kier alpha value is -2.01. The SMILES string of the molecule is O[C@@H](c1cccc(Oc2ccccc2)c1)C(F)(F)F. The molecule has 2 aromatic carbocycles. The van der Waals surface area contributed by atoms with Crippen LogP contribution in [0.4, 0.5) is 13.2 Å². The molecule has 0 aliphatic rings. The smallest absolute Gasteiger partial charge is 0.418 e. The van der Waals surface area contributed by atoms with E-state index in [1.807, 2.05) is 0 Å². The first-order valence-electron chi connectivity index (χ1n) is 5.54. The summed E-state index contributed by atoms with van der Waals surface area (Å²) in [6.45, 7) is 0. The summed E-state index contributed by atoms with van der Waals surface area (Å²) < 4.78 is 42.6. The van der Waals surface area contributed by atoms with Crippen LogP contribution in [-0.4, -0.2) is 11.3 Å². The molecule has 2 rings (SSSR count). The van der Waals surface area contributed by atoms with Crippen LogP contribution >= 0.6 is 0 Å². The van der Waals surface area contributed by atoms with Crippen LogP contribution in [0, 0.1) is 0 Å². The largest absolute Gasteiger partial charge is 0.457 e. The van der Waals surface area contributed by atoms with Gasteiger partial charge in [-0.1, -0.05) is 30.3 Å². The summed E-state index contributed by atoms with van der Waals surface area (Å²) in [5, 5.41) is 9.17. The zero-order valence-electron chi connectivity index (χ0n) is 9.76. The molecule has 0 saturated carbocycles. The molecular weight excluding hydrogens is 257 g/mol. The van der Waals surface area contributed by atoms with Crippen LogP contribution in [0.5, 0.6) is 11.5 Å². The minimum Gasteiger partial charge on any atom is -0.457 e. The van der Waals surface area contributed by atoms with Gasteiger partial charge in [0.05, 0.1) is 0 Å². The number of aliphatic hydroxyl groups is 1. The highest BCUT2D eigenvalue weighted by Crippen LogP contribution is 2.34. The third-order valence-corrected chi connectivity index (χ3v) is 2.46. The van der Waals surface area contributed by atoms with Gasteiger partial charge < -0.3 is 9.84 Å². The number of ether oxygens (including phenoxy) is 1. The molecule has 0 radical (unpaired) electrons. The molecule has 0 aliphatic carbocycles. The molecule has 0 aromatic heterocycles. The Bertz CT molecular complexity index is 538. The van der Waals surface area contributed by atoms with E-state index in [4.69, 9.17) is 9.84 Å². The fourth-order valence-corrected chi connectivity index (χ4v) is 1.56. The van der Waals surface area contributed by atoms with E-state index in [9.17, 15) is 13.2 Å². The fourth-order valence-electron chi connectivity index (χ4n) is 1.56. The zero-order valence-corrected chi connectivity index (χ0v) is 9.76. The van der Waals surface area contributed by atoms with Crippen LogP contribution < -0.4 is 4.74 Å². The topological polar surface area (TPSA) is 29.5 Å². The average molecular weight is 268 g/mol. The Morgan fingerprint density at radius 2 is 1.53 bits per heavy atom. The van der Waals surface area contributed by atoms with Crippen LogP contribution in [0.2, 0.25) is 0 Å². The Balaban J connectivity index is 2.20. The van der Waals surface area contributed by atoms with Gasteiger partial charge in [-0.3, -0.25) is 0 Å². The number of aliphatic hydroxyl groups excluding tert-OH is 1. The second kappa shape index (κ2) is 5.32. The van der Waals surface area contributed by atoms with Crippen molar-refractivity contribution in [2.75, 3.05) is 0 Å². The molecule has 0 aliphatic heterocycles.